The summed E-state index contributed by atoms with van der Waals surface area (Å²) in [5.74, 6) is -1.19. The molecule has 0 bridgehead atoms. The minimum absolute atomic E-state index is 0.0416. The van der Waals surface area contributed by atoms with Crippen LogP contribution in [0.1, 0.15) is 11.1 Å². The van der Waals surface area contributed by atoms with Crippen LogP contribution in [0.4, 0.5) is 15.8 Å². The molecule has 0 spiro atoms. The summed E-state index contributed by atoms with van der Waals surface area (Å²) in [6, 6.07) is 21.3. The van der Waals surface area contributed by atoms with Crippen molar-refractivity contribution in [3.05, 3.63) is 100 Å². The van der Waals surface area contributed by atoms with Crippen LogP contribution in [-0.4, -0.2) is 22.7 Å². The lowest BCUT2D eigenvalue weighted by atomic mass is 10.2. The van der Waals surface area contributed by atoms with Crippen LogP contribution in [0.3, 0.4) is 0 Å². The molecule has 1 aliphatic heterocycles. The summed E-state index contributed by atoms with van der Waals surface area (Å²) >= 11 is 7.09. The van der Waals surface area contributed by atoms with Crippen molar-refractivity contribution in [2.45, 2.75) is 0 Å². The molecule has 0 fully saturated rings. The Balaban J connectivity index is 1.54. The van der Waals surface area contributed by atoms with Gasteiger partial charge in [-0.3, -0.25) is 14.5 Å². The highest BCUT2D eigenvalue weighted by atomic mass is 35.5. The maximum atomic E-state index is 13.4. The van der Waals surface area contributed by atoms with Crippen molar-refractivity contribution in [1.82, 2.24) is 0 Å². The molecule has 1 aliphatic rings. The van der Waals surface area contributed by atoms with Gasteiger partial charge in [-0.15, -0.1) is 0 Å². The van der Waals surface area contributed by atoms with Gasteiger partial charge in [0.25, 0.3) is 5.91 Å². The average Bonchev–Trinajstić information content (AvgIpc) is 3.14. The predicted molar refractivity (Wildman–Crippen MR) is 133 cm³/mol. The van der Waals surface area contributed by atoms with Gasteiger partial charge in [0.1, 0.15) is 17.6 Å². The first-order valence-electron chi connectivity index (χ1n) is 10.0. The standard InChI is InChI=1S/C25H16ClFN4O2S/c26-21-13-19(9-6-17(21)14-28)29-23(32)15-34-25-30-22(12-16-4-2-1-3-5-16)24(33)31(25)20-10-7-18(27)8-11-20/h1-13H,15H2,(H,29,32). The summed E-state index contributed by atoms with van der Waals surface area (Å²) in [5, 5.41) is 12.2. The van der Waals surface area contributed by atoms with Crippen LogP contribution in [0.15, 0.2) is 83.5 Å². The molecule has 0 aliphatic carbocycles. The van der Waals surface area contributed by atoms with Crippen LogP contribution in [-0.2, 0) is 9.59 Å². The number of halogens is 2. The highest BCUT2D eigenvalue weighted by molar-refractivity contribution is 8.14. The second-order valence-electron chi connectivity index (χ2n) is 7.09. The maximum absolute atomic E-state index is 13.4. The summed E-state index contributed by atoms with van der Waals surface area (Å²) in [7, 11) is 0. The molecule has 0 unspecified atom stereocenters. The van der Waals surface area contributed by atoms with E-state index in [0.717, 1.165) is 17.3 Å². The van der Waals surface area contributed by atoms with Crippen molar-refractivity contribution in [3.63, 3.8) is 0 Å². The van der Waals surface area contributed by atoms with Gasteiger partial charge in [-0.25, -0.2) is 9.38 Å². The molecule has 9 heteroatoms. The molecule has 1 heterocycles. The van der Waals surface area contributed by atoms with Crippen LogP contribution in [0, 0.1) is 17.1 Å². The van der Waals surface area contributed by atoms with Crippen molar-refractivity contribution in [3.8, 4) is 6.07 Å². The summed E-state index contributed by atoms with van der Waals surface area (Å²) < 4.78 is 13.4. The fourth-order valence-corrected chi connectivity index (χ4v) is 4.16. The minimum atomic E-state index is -0.429. The summed E-state index contributed by atoms with van der Waals surface area (Å²) in [6.45, 7) is 0. The lowest BCUT2D eigenvalue weighted by Gasteiger charge is -2.17. The smallest absolute Gasteiger partial charge is 0.283 e. The number of amidine groups is 1. The lowest BCUT2D eigenvalue weighted by Crippen LogP contribution is -2.31. The number of nitrogens with one attached hydrogen (secondary N) is 1. The van der Waals surface area contributed by atoms with E-state index in [1.807, 2.05) is 36.4 Å². The first-order valence-corrected chi connectivity index (χ1v) is 11.4. The SMILES string of the molecule is N#Cc1ccc(NC(=O)CSC2=NC(=Cc3ccccc3)C(=O)N2c2ccc(F)cc2)cc1Cl. The Morgan fingerprint density at radius 1 is 1.15 bits per heavy atom. The van der Waals surface area contributed by atoms with Crippen LogP contribution in [0.5, 0.6) is 0 Å². The number of rotatable bonds is 5. The largest absolute Gasteiger partial charge is 0.325 e. The Hall–Kier alpha value is -3.93. The molecule has 168 valence electrons. The van der Waals surface area contributed by atoms with Gasteiger partial charge in [-0.05, 0) is 54.1 Å². The summed E-state index contributed by atoms with van der Waals surface area (Å²) in [5.41, 5.74) is 2.20. The van der Waals surface area contributed by atoms with Crippen molar-refractivity contribution in [1.29, 1.82) is 5.26 Å². The van der Waals surface area contributed by atoms with Gasteiger partial charge < -0.3 is 5.32 Å². The van der Waals surface area contributed by atoms with Crippen LogP contribution < -0.4 is 10.2 Å². The van der Waals surface area contributed by atoms with Crippen molar-refractivity contribution >= 4 is 57.8 Å². The second kappa shape index (κ2) is 10.3. The zero-order chi connectivity index (χ0) is 24.1. The molecule has 1 N–H and O–H groups in total. The highest BCUT2D eigenvalue weighted by Crippen LogP contribution is 2.30. The average molecular weight is 491 g/mol. The zero-order valence-corrected chi connectivity index (χ0v) is 19.1. The van der Waals surface area contributed by atoms with Gasteiger partial charge in [0, 0.05) is 5.69 Å². The van der Waals surface area contributed by atoms with E-state index in [-0.39, 0.29) is 28.3 Å². The number of hydrogen-bond donors (Lipinski definition) is 1. The van der Waals surface area contributed by atoms with Crippen molar-refractivity contribution < 1.29 is 14.0 Å². The van der Waals surface area contributed by atoms with Crippen LogP contribution in [0.25, 0.3) is 6.08 Å². The van der Waals surface area contributed by atoms with Gasteiger partial charge in [0.15, 0.2) is 5.17 Å². The van der Waals surface area contributed by atoms with E-state index in [0.29, 0.717) is 22.1 Å². The van der Waals surface area contributed by atoms with E-state index in [1.165, 1.54) is 41.3 Å². The molecule has 0 aromatic heterocycles. The Morgan fingerprint density at radius 2 is 1.88 bits per heavy atom. The van der Waals surface area contributed by atoms with Crippen LogP contribution >= 0.6 is 23.4 Å². The zero-order valence-electron chi connectivity index (χ0n) is 17.5. The predicted octanol–water partition coefficient (Wildman–Crippen LogP) is 5.47. The number of anilines is 2. The van der Waals surface area contributed by atoms with Crippen molar-refractivity contribution in [2.75, 3.05) is 16.0 Å². The lowest BCUT2D eigenvalue weighted by molar-refractivity contribution is -0.114. The number of nitrogens with zero attached hydrogens (tertiary/aromatic N) is 3. The van der Waals surface area contributed by atoms with E-state index in [4.69, 9.17) is 16.9 Å². The number of thioether (sulfide) groups is 1. The van der Waals surface area contributed by atoms with Crippen LogP contribution in [0.2, 0.25) is 5.02 Å². The number of aliphatic imine (C=N–C) groups is 1. The highest BCUT2D eigenvalue weighted by Gasteiger charge is 2.32. The second-order valence-corrected chi connectivity index (χ2v) is 8.44. The molecule has 6 nitrogen and oxygen atoms in total. The molecule has 3 aromatic carbocycles. The molecule has 0 saturated heterocycles. The Bertz CT molecular complexity index is 1350. The fraction of sp³-hybridized carbons (Fsp3) is 0.0400. The van der Waals surface area contributed by atoms with Gasteiger partial charge in [0.05, 0.1) is 22.0 Å². The molecule has 0 saturated carbocycles. The van der Waals surface area contributed by atoms with Gasteiger partial charge in [-0.2, -0.15) is 5.26 Å². The monoisotopic (exact) mass is 490 g/mol. The Morgan fingerprint density at radius 3 is 2.56 bits per heavy atom. The number of amides is 2. The summed E-state index contributed by atoms with van der Waals surface area (Å²) in [4.78, 5) is 31.4. The molecule has 34 heavy (non-hydrogen) atoms. The normalized spacial score (nSPS) is 14.1. The molecule has 2 amide bonds. The molecular weight excluding hydrogens is 475 g/mol. The number of benzene rings is 3. The van der Waals surface area contributed by atoms with Gasteiger partial charge in [-0.1, -0.05) is 53.7 Å². The third-order valence-electron chi connectivity index (χ3n) is 4.72. The van der Waals surface area contributed by atoms with Gasteiger partial charge >= 0.3 is 0 Å². The third-order valence-corrected chi connectivity index (χ3v) is 5.97. The Labute approximate surface area is 204 Å². The topological polar surface area (TPSA) is 85.6 Å². The first-order chi connectivity index (χ1) is 16.4. The number of carbonyl (C=O) groups excluding carboxylic acids is 2. The maximum Gasteiger partial charge on any atom is 0.283 e. The van der Waals surface area contributed by atoms with E-state index in [1.54, 1.807) is 12.1 Å². The molecule has 0 atom stereocenters. The number of nitriles is 1. The van der Waals surface area contributed by atoms with E-state index in [9.17, 15) is 14.0 Å². The fourth-order valence-electron chi connectivity index (χ4n) is 3.13. The van der Waals surface area contributed by atoms with E-state index < -0.39 is 5.82 Å². The van der Waals surface area contributed by atoms with Crippen molar-refractivity contribution in [2.24, 2.45) is 4.99 Å². The Kier molecular flexibility index (Phi) is 7.07. The third kappa shape index (κ3) is 5.34. The summed E-state index contributed by atoms with van der Waals surface area (Å²) in [6.07, 6.45) is 1.66. The molecule has 4 rings (SSSR count). The minimum Gasteiger partial charge on any atom is -0.325 e. The van der Waals surface area contributed by atoms with E-state index in [2.05, 4.69) is 10.3 Å². The van der Waals surface area contributed by atoms with Gasteiger partial charge in [0.2, 0.25) is 5.91 Å². The molecule has 0 radical (unpaired) electrons. The molecule has 3 aromatic rings. The first kappa shape index (κ1) is 23.2. The van der Waals surface area contributed by atoms with E-state index >= 15 is 0 Å². The number of hydrogen-bond acceptors (Lipinski definition) is 5. The molecular formula is C25H16ClFN4O2S. The number of carbonyl (C=O) groups is 2. The quantitative estimate of drug-likeness (QED) is 0.481.